The maximum Gasteiger partial charge on any atom is 0.271 e. The molecule has 1 saturated heterocycles. The Morgan fingerprint density at radius 3 is 2.93 bits per heavy atom. The van der Waals surface area contributed by atoms with Crippen LogP contribution in [0.25, 0.3) is 11.3 Å². The second-order valence-electron chi connectivity index (χ2n) is 7.04. The lowest BCUT2D eigenvalue weighted by Gasteiger charge is -2.23. The summed E-state index contributed by atoms with van der Waals surface area (Å²) in [4.78, 5) is 14.9. The van der Waals surface area contributed by atoms with Crippen LogP contribution in [0.3, 0.4) is 0 Å². The number of nitrogens with zero attached hydrogens (tertiary/aromatic N) is 4. The van der Waals surface area contributed by atoms with Gasteiger partial charge in [-0.3, -0.25) is 14.6 Å². The van der Waals surface area contributed by atoms with E-state index >= 15 is 0 Å². The lowest BCUT2D eigenvalue weighted by atomic mass is 10.1. The number of H-pyrrole nitrogens is 1. The number of aromatic nitrogens is 4. The van der Waals surface area contributed by atoms with Crippen LogP contribution in [0.4, 0.5) is 0 Å². The van der Waals surface area contributed by atoms with E-state index in [-0.39, 0.29) is 12.0 Å². The van der Waals surface area contributed by atoms with Crippen LogP contribution in [0.1, 0.15) is 29.4 Å². The number of rotatable bonds is 5. The lowest BCUT2D eigenvalue weighted by Crippen LogP contribution is -2.38. The monoisotopic (exact) mass is 379 g/mol. The topological polar surface area (TPSA) is 76.0 Å². The minimum atomic E-state index is -0.0738. The molecule has 1 atom stereocenters. The molecule has 1 N–H and O–H groups in total. The zero-order valence-corrected chi connectivity index (χ0v) is 16.0. The molecule has 3 heterocycles. The van der Waals surface area contributed by atoms with Crippen molar-refractivity contribution >= 4 is 5.91 Å². The van der Waals surface area contributed by atoms with Crippen molar-refractivity contribution < 1.29 is 9.53 Å². The molecule has 2 aromatic heterocycles. The van der Waals surface area contributed by atoms with E-state index in [9.17, 15) is 4.79 Å². The van der Waals surface area contributed by atoms with Crippen molar-refractivity contribution in [1.82, 2.24) is 24.9 Å². The first kappa shape index (κ1) is 18.4. The van der Waals surface area contributed by atoms with Crippen molar-refractivity contribution in [3.05, 3.63) is 60.0 Å². The highest BCUT2D eigenvalue weighted by Gasteiger charge is 2.25. The maximum absolute atomic E-state index is 13.0. The molecule has 0 spiro atoms. The van der Waals surface area contributed by atoms with Gasteiger partial charge in [-0.05, 0) is 30.5 Å². The van der Waals surface area contributed by atoms with Crippen LogP contribution in [0.2, 0.25) is 0 Å². The molecule has 0 bridgehead atoms. The standard InChI is InChI=1S/C21H25N5O2/c1-2-16-5-7-17(8-6-16)19-13-20(24-23-19)21(27)25-10-4-12-28-18(14-25)15-26-11-3-9-22-26/h3,5-9,11,13,18H,2,4,10,12,14-15H2,1H3,(H,23,24). The number of aryl methyl sites for hydroxylation is 1. The Kier molecular flexibility index (Phi) is 5.53. The van der Waals surface area contributed by atoms with E-state index in [2.05, 4.69) is 34.4 Å². The summed E-state index contributed by atoms with van der Waals surface area (Å²) in [5.74, 6) is -0.0418. The Morgan fingerprint density at radius 1 is 1.32 bits per heavy atom. The third-order valence-electron chi connectivity index (χ3n) is 5.05. The average Bonchev–Trinajstić information content (AvgIpc) is 3.36. The number of aromatic amines is 1. The van der Waals surface area contributed by atoms with E-state index in [1.165, 1.54) is 5.56 Å². The summed E-state index contributed by atoms with van der Waals surface area (Å²) in [5, 5.41) is 11.5. The van der Waals surface area contributed by atoms with Crippen molar-refractivity contribution in [3.63, 3.8) is 0 Å². The summed E-state index contributed by atoms with van der Waals surface area (Å²) >= 11 is 0. The second-order valence-corrected chi connectivity index (χ2v) is 7.04. The number of hydrogen-bond acceptors (Lipinski definition) is 4. The Balaban J connectivity index is 1.46. The summed E-state index contributed by atoms with van der Waals surface area (Å²) in [5.41, 5.74) is 3.58. The highest BCUT2D eigenvalue weighted by Crippen LogP contribution is 2.20. The van der Waals surface area contributed by atoms with Crippen LogP contribution in [0, 0.1) is 0 Å². The fourth-order valence-electron chi connectivity index (χ4n) is 3.47. The van der Waals surface area contributed by atoms with E-state index < -0.39 is 0 Å². The number of ether oxygens (including phenoxy) is 1. The summed E-state index contributed by atoms with van der Waals surface area (Å²) in [6.07, 6.45) is 5.40. The second kappa shape index (κ2) is 8.39. The Morgan fingerprint density at radius 2 is 2.18 bits per heavy atom. The van der Waals surface area contributed by atoms with Crippen LogP contribution in [-0.2, 0) is 17.7 Å². The summed E-state index contributed by atoms with van der Waals surface area (Å²) in [6, 6.07) is 12.0. The largest absolute Gasteiger partial charge is 0.374 e. The summed E-state index contributed by atoms with van der Waals surface area (Å²) in [6.45, 7) is 4.62. The Hall–Kier alpha value is -2.93. The van der Waals surface area contributed by atoms with Gasteiger partial charge >= 0.3 is 0 Å². The van der Waals surface area contributed by atoms with Crippen molar-refractivity contribution in [2.45, 2.75) is 32.4 Å². The van der Waals surface area contributed by atoms with Gasteiger partial charge in [-0.15, -0.1) is 0 Å². The minimum Gasteiger partial charge on any atom is -0.374 e. The highest BCUT2D eigenvalue weighted by atomic mass is 16.5. The molecular formula is C21H25N5O2. The molecule has 1 fully saturated rings. The molecule has 4 rings (SSSR count). The third-order valence-corrected chi connectivity index (χ3v) is 5.05. The minimum absolute atomic E-state index is 0.0418. The number of carbonyl (C=O) groups excluding carboxylic acids is 1. The van der Waals surface area contributed by atoms with Crippen LogP contribution in [0.15, 0.2) is 48.8 Å². The van der Waals surface area contributed by atoms with Crippen molar-refractivity contribution in [1.29, 1.82) is 0 Å². The molecule has 1 aliphatic rings. The molecule has 1 aromatic carbocycles. The summed E-state index contributed by atoms with van der Waals surface area (Å²) in [7, 11) is 0. The fraction of sp³-hybridized carbons (Fsp3) is 0.381. The van der Waals surface area contributed by atoms with E-state index in [1.54, 1.807) is 6.20 Å². The molecular weight excluding hydrogens is 354 g/mol. The van der Waals surface area contributed by atoms with Gasteiger partial charge in [-0.25, -0.2) is 0 Å². The van der Waals surface area contributed by atoms with Gasteiger partial charge in [-0.1, -0.05) is 31.2 Å². The smallest absolute Gasteiger partial charge is 0.271 e. The molecule has 1 aliphatic heterocycles. The number of amides is 1. The first-order chi connectivity index (χ1) is 13.7. The molecule has 0 saturated carbocycles. The number of hydrogen-bond donors (Lipinski definition) is 1. The first-order valence-electron chi connectivity index (χ1n) is 9.76. The molecule has 0 radical (unpaired) electrons. The maximum atomic E-state index is 13.0. The predicted octanol–water partition coefficient (Wildman–Crippen LogP) is 2.77. The SMILES string of the molecule is CCc1ccc(-c2cc(C(=O)N3CCCOC(Cn4cccn4)C3)[nH]n2)cc1. The van der Waals surface area contributed by atoms with Gasteiger partial charge in [0.1, 0.15) is 5.69 Å². The fourth-order valence-corrected chi connectivity index (χ4v) is 3.47. The number of benzene rings is 1. The van der Waals surface area contributed by atoms with E-state index in [1.807, 2.05) is 40.0 Å². The zero-order chi connectivity index (χ0) is 19.3. The van der Waals surface area contributed by atoms with Crippen LogP contribution in [0.5, 0.6) is 0 Å². The van der Waals surface area contributed by atoms with Gasteiger partial charge in [0.2, 0.25) is 0 Å². The highest BCUT2D eigenvalue weighted by molar-refractivity contribution is 5.93. The van der Waals surface area contributed by atoms with Crippen molar-refractivity contribution in [2.24, 2.45) is 0 Å². The van der Waals surface area contributed by atoms with Gasteiger partial charge in [0, 0.05) is 37.7 Å². The molecule has 3 aromatic rings. The zero-order valence-electron chi connectivity index (χ0n) is 16.0. The predicted molar refractivity (Wildman–Crippen MR) is 106 cm³/mol. The lowest BCUT2D eigenvalue weighted by molar-refractivity contribution is 0.0365. The van der Waals surface area contributed by atoms with Crippen molar-refractivity contribution in [2.75, 3.05) is 19.7 Å². The Bertz CT molecular complexity index is 901. The van der Waals surface area contributed by atoms with Crippen LogP contribution < -0.4 is 0 Å². The van der Waals surface area contributed by atoms with Crippen LogP contribution >= 0.6 is 0 Å². The van der Waals surface area contributed by atoms with E-state index in [0.29, 0.717) is 31.9 Å². The Labute approximate surface area is 164 Å². The van der Waals surface area contributed by atoms with E-state index in [4.69, 9.17) is 4.74 Å². The van der Waals surface area contributed by atoms with Gasteiger partial charge in [0.15, 0.2) is 0 Å². The van der Waals surface area contributed by atoms with Gasteiger partial charge in [-0.2, -0.15) is 10.2 Å². The van der Waals surface area contributed by atoms with Gasteiger partial charge in [0.25, 0.3) is 5.91 Å². The van der Waals surface area contributed by atoms with Gasteiger partial charge < -0.3 is 9.64 Å². The molecule has 28 heavy (non-hydrogen) atoms. The van der Waals surface area contributed by atoms with Gasteiger partial charge in [0.05, 0.1) is 18.3 Å². The molecule has 1 unspecified atom stereocenters. The van der Waals surface area contributed by atoms with E-state index in [0.717, 1.165) is 24.1 Å². The third kappa shape index (κ3) is 4.14. The van der Waals surface area contributed by atoms with Crippen molar-refractivity contribution in [3.8, 4) is 11.3 Å². The normalized spacial score (nSPS) is 17.5. The molecule has 7 heteroatoms. The molecule has 7 nitrogen and oxygen atoms in total. The number of carbonyl (C=O) groups is 1. The van der Waals surface area contributed by atoms with Crippen LogP contribution in [-0.4, -0.2) is 56.6 Å². The number of nitrogens with one attached hydrogen (secondary N) is 1. The summed E-state index contributed by atoms with van der Waals surface area (Å²) < 4.78 is 7.75. The quantitative estimate of drug-likeness (QED) is 0.740. The molecule has 146 valence electrons. The average molecular weight is 379 g/mol. The first-order valence-corrected chi connectivity index (χ1v) is 9.76. The molecule has 0 aliphatic carbocycles. The molecule has 1 amide bonds.